The standard InChI is InChI=1S/C17H24N4O4/c1-5-18-12(14(22)20(7-3)16(18)24)10-9-11-13-15(23)21(8-4)17(25)19(13)6-2/h9-11,22H,5-8H2,1-4H3/b10-9?,13-11+. The zero-order chi connectivity index (χ0) is 18.7. The first-order valence-corrected chi connectivity index (χ1v) is 8.46. The lowest BCUT2D eigenvalue weighted by molar-refractivity contribution is -0.122. The van der Waals surface area contributed by atoms with Crippen molar-refractivity contribution in [2.75, 3.05) is 13.1 Å². The van der Waals surface area contributed by atoms with E-state index in [0.29, 0.717) is 31.9 Å². The average molecular weight is 348 g/mol. The normalized spacial score (nSPS) is 16.9. The van der Waals surface area contributed by atoms with Crippen LogP contribution in [0, 0.1) is 0 Å². The van der Waals surface area contributed by atoms with Crippen LogP contribution in [0.3, 0.4) is 0 Å². The summed E-state index contributed by atoms with van der Waals surface area (Å²) in [6.45, 7) is 8.60. The highest BCUT2D eigenvalue weighted by atomic mass is 16.3. The van der Waals surface area contributed by atoms with Gasteiger partial charge in [0.25, 0.3) is 5.91 Å². The summed E-state index contributed by atoms with van der Waals surface area (Å²) in [4.78, 5) is 39.2. The van der Waals surface area contributed by atoms with Crippen molar-refractivity contribution >= 4 is 18.0 Å². The van der Waals surface area contributed by atoms with E-state index in [9.17, 15) is 19.5 Å². The van der Waals surface area contributed by atoms with Crippen molar-refractivity contribution in [3.05, 3.63) is 34.0 Å². The highest BCUT2D eigenvalue weighted by molar-refractivity contribution is 6.11. The first-order valence-electron chi connectivity index (χ1n) is 8.46. The van der Waals surface area contributed by atoms with E-state index in [1.165, 1.54) is 25.0 Å². The summed E-state index contributed by atoms with van der Waals surface area (Å²) >= 11 is 0. The van der Waals surface area contributed by atoms with E-state index in [2.05, 4.69) is 0 Å². The molecule has 2 heterocycles. The smallest absolute Gasteiger partial charge is 0.331 e. The van der Waals surface area contributed by atoms with Crippen LogP contribution in [-0.2, 0) is 17.9 Å². The highest BCUT2D eigenvalue weighted by Gasteiger charge is 2.38. The lowest BCUT2D eigenvalue weighted by atomic mass is 10.3. The van der Waals surface area contributed by atoms with Crippen LogP contribution in [0.2, 0.25) is 0 Å². The Morgan fingerprint density at radius 3 is 2.00 bits per heavy atom. The number of carbonyl (C=O) groups excluding carboxylic acids is 2. The molecule has 0 saturated carbocycles. The van der Waals surface area contributed by atoms with Crippen LogP contribution in [0.4, 0.5) is 4.79 Å². The van der Waals surface area contributed by atoms with E-state index in [1.54, 1.807) is 32.9 Å². The second kappa shape index (κ2) is 7.42. The van der Waals surface area contributed by atoms with Crippen molar-refractivity contribution in [1.82, 2.24) is 18.9 Å². The molecule has 1 N–H and O–H groups in total. The number of hydrogen-bond donors (Lipinski definition) is 1. The van der Waals surface area contributed by atoms with Gasteiger partial charge >= 0.3 is 11.7 Å². The van der Waals surface area contributed by atoms with Crippen LogP contribution >= 0.6 is 0 Å². The molecule has 8 heteroatoms. The predicted octanol–water partition coefficient (Wildman–Crippen LogP) is 1.60. The number of carbonyl (C=O) groups is 2. The average Bonchev–Trinajstić information content (AvgIpc) is 2.97. The maximum absolute atomic E-state index is 12.3. The third-order valence-electron chi connectivity index (χ3n) is 4.23. The van der Waals surface area contributed by atoms with E-state index in [4.69, 9.17) is 0 Å². The van der Waals surface area contributed by atoms with Crippen molar-refractivity contribution in [2.45, 2.75) is 40.8 Å². The molecule has 1 aliphatic rings. The van der Waals surface area contributed by atoms with Gasteiger partial charge in [0.15, 0.2) is 0 Å². The van der Waals surface area contributed by atoms with Crippen molar-refractivity contribution in [3.8, 4) is 5.88 Å². The first kappa shape index (κ1) is 18.6. The fourth-order valence-electron chi connectivity index (χ4n) is 2.92. The van der Waals surface area contributed by atoms with Crippen LogP contribution < -0.4 is 5.69 Å². The Morgan fingerprint density at radius 2 is 1.48 bits per heavy atom. The van der Waals surface area contributed by atoms with Gasteiger partial charge in [-0.05, 0) is 39.8 Å². The summed E-state index contributed by atoms with van der Waals surface area (Å²) in [7, 11) is 0. The molecule has 1 saturated heterocycles. The molecular weight excluding hydrogens is 324 g/mol. The number of rotatable bonds is 6. The fourth-order valence-corrected chi connectivity index (χ4v) is 2.92. The number of imidazole rings is 1. The number of imide groups is 1. The minimum Gasteiger partial charge on any atom is -0.493 e. The van der Waals surface area contributed by atoms with Gasteiger partial charge in [-0.3, -0.25) is 23.7 Å². The molecule has 0 aliphatic carbocycles. The maximum atomic E-state index is 12.3. The topological polar surface area (TPSA) is 87.8 Å². The molecule has 0 spiro atoms. The molecule has 1 aromatic rings. The van der Waals surface area contributed by atoms with Gasteiger partial charge in [0.1, 0.15) is 11.4 Å². The second-order valence-corrected chi connectivity index (χ2v) is 5.47. The molecule has 0 aromatic carbocycles. The van der Waals surface area contributed by atoms with Gasteiger partial charge in [0.2, 0.25) is 5.88 Å². The van der Waals surface area contributed by atoms with Gasteiger partial charge in [-0.15, -0.1) is 0 Å². The number of allylic oxidation sites excluding steroid dienone is 2. The molecule has 1 aromatic heterocycles. The Labute approximate surface area is 146 Å². The molecule has 0 unspecified atom stereocenters. The van der Waals surface area contributed by atoms with Gasteiger partial charge in [-0.1, -0.05) is 6.08 Å². The van der Waals surface area contributed by atoms with E-state index in [0.717, 1.165) is 0 Å². The van der Waals surface area contributed by atoms with Crippen LogP contribution in [0.5, 0.6) is 5.88 Å². The predicted molar refractivity (Wildman–Crippen MR) is 94.0 cm³/mol. The van der Waals surface area contributed by atoms with Crippen LogP contribution in [0.15, 0.2) is 22.6 Å². The van der Waals surface area contributed by atoms with Gasteiger partial charge in [0, 0.05) is 26.2 Å². The van der Waals surface area contributed by atoms with Crippen LogP contribution in [0.25, 0.3) is 6.08 Å². The van der Waals surface area contributed by atoms with E-state index in [1.807, 2.05) is 6.92 Å². The number of amides is 3. The third-order valence-corrected chi connectivity index (χ3v) is 4.23. The fraction of sp³-hybridized carbons (Fsp3) is 0.471. The number of urea groups is 1. The molecule has 3 amide bonds. The zero-order valence-corrected chi connectivity index (χ0v) is 15.0. The van der Waals surface area contributed by atoms with Gasteiger partial charge in [0.05, 0.1) is 0 Å². The van der Waals surface area contributed by atoms with Crippen LogP contribution in [0.1, 0.15) is 33.4 Å². The minimum absolute atomic E-state index is 0.111. The van der Waals surface area contributed by atoms with Gasteiger partial charge in [-0.2, -0.15) is 0 Å². The highest BCUT2D eigenvalue weighted by Crippen LogP contribution is 2.22. The Balaban J connectivity index is 2.40. The Hall–Kier alpha value is -2.77. The Bertz CT molecular complexity index is 800. The van der Waals surface area contributed by atoms with Crippen molar-refractivity contribution in [3.63, 3.8) is 0 Å². The Morgan fingerprint density at radius 1 is 0.880 bits per heavy atom. The summed E-state index contributed by atoms with van der Waals surface area (Å²) in [6.07, 6.45) is 4.68. The molecule has 2 rings (SSSR count). The van der Waals surface area contributed by atoms with Crippen molar-refractivity contribution in [1.29, 1.82) is 0 Å². The maximum Gasteiger partial charge on any atom is 0.331 e. The monoisotopic (exact) mass is 348 g/mol. The molecule has 1 aliphatic heterocycles. The van der Waals surface area contributed by atoms with Crippen molar-refractivity contribution in [2.24, 2.45) is 0 Å². The lowest BCUT2D eigenvalue weighted by Crippen LogP contribution is -2.32. The number of aromatic nitrogens is 2. The molecule has 1 fully saturated rings. The lowest BCUT2D eigenvalue weighted by Gasteiger charge is -2.13. The zero-order valence-electron chi connectivity index (χ0n) is 15.0. The first-order chi connectivity index (χ1) is 11.9. The molecule has 136 valence electrons. The molecule has 8 nitrogen and oxygen atoms in total. The molecule has 0 radical (unpaired) electrons. The number of likely N-dealkylation sites (N-methyl/N-ethyl adjacent to an activating group) is 2. The molecule has 0 atom stereocenters. The second-order valence-electron chi connectivity index (χ2n) is 5.47. The molecular formula is C17H24N4O4. The number of aromatic hydroxyl groups is 1. The summed E-state index contributed by atoms with van der Waals surface area (Å²) < 4.78 is 2.73. The van der Waals surface area contributed by atoms with E-state index >= 15 is 0 Å². The number of nitrogens with zero attached hydrogens (tertiary/aromatic N) is 4. The summed E-state index contributed by atoms with van der Waals surface area (Å²) in [5, 5.41) is 10.2. The summed E-state index contributed by atoms with van der Waals surface area (Å²) in [5.74, 6) is -0.456. The molecule has 25 heavy (non-hydrogen) atoms. The SMILES string of the molecule is CCN1C(=O)/C(=C\C=Cc2c(O)n(CC)c(=O)n2CC)N(CC)C1=O. The number of hydrogen-bond acceptors (Lipinski definition) is 4. The summed E-state index contributed by atoms with van der Waals surface area (Å²) in [6, 6.07) is -0.333. The quantitative estimate of drug-likeness (QED) is 0.625. The van der Waals surface area contributed by atoms with Gasteiger partial charge in [-0.25, -0.2) is 9.59 Å². The van der Waals surface area contributed by atoms with E-state index in [-0.39, 0.29) is 29.2 Å². The molecule has 0 bridgehead atoms. The van der Waals surface area contributed by atoms with Crippen LogP contribution in [-0.4, -0.2) is 49.1 Å². The summed E-state index contributed by atoms with van der Waals surface area (Å²) in [5.41, 5.74) is 0.373. The third kappa shape index (κ3) is 2.99. The van der Waals surface area contributed by atoms with E-state index < -0.39 is 0 Å². The largest absolute Gasteiger partial charge is 0.493 e. The Kier molecular flexibility index (Phi) is 5.51. The van der Waals surface area contributed by atoms with Crippen molar-refractivity contribution < 1.29 is 14.7 Å². The minimum atomic E-state index is -0.345. The van der Waals surface area contributed by atoms with Gasteiger partial charge < -0.3 is 5.11 Å².